The van der Waals surface area contributed by atoms with Crippen LogP contribution in [0.25, 0.3) is 0 Å². The van der Waals surface area contributed by atoms with Crippen LogP contribution in [0.1, 0.15) is 6.42 Å². The highest BCUT2D eigenvalue weighted by Gasteiger charge is 2.25. The van der Waals surface area contributed by atoms with Gasteiger partial charge in [-0.15, -0.1) is 6.58 Å². The van der Waals surface area contributed by atoms with E-state index in [0.717, 1.165) is 6.42 Å². The van der Waals surface area contributed by atoms with Crippen molar-refractivity contribution in [2.75, 3.05) is 19.8 Å². The van der Waals surface area contributed by atoms with E-state index < -0.39 is 0 Å². The zero-order valence-corrected chi connectivity index (χ0v) is 6.45. The van der Waals surface area contributed by atoms with Crippen LogP contribution in [-0.4, -0.2) is 25.7 Å². The number of carbonyl (C=O) groups is 1. The Bertz CT molecular complexity index is 156. The van der Waals surface area contributed by atoms with Crippen molar-refractivity contribution in [3.05, 3.63) is 12.7 Å². The van der Waals surface area contributed by atoms with E-state index in [9.17, 15) is 4.79 Å². The Morgan fingerprint density at radius 2 is 2.64 bits per heavy atom. The molecule has 61 valence electrons. The SMILES string of the molecule is C=CCOCC1CC[N]C1=O. The molecule has 1 saturated heterocycles. The minimum atomic E-state index is -0.00550. The Kier molecular flexibility index (Phi) is 3.11. The maximum atomic E-state index is 10.9. The van der Waals surface area contributed by atoms with Crippen molar-refractivity contribution in [2.45, 2.75) is 6.42 Å². The molecule has 1 aliphatic rings. The van der Waals surface area contributed by atoms with E-state index >= 15 is 0 Å². The molecule has 0 saturated carbocycles. The van der Waals surface area contributed by atoms with Crippen molar-refractivity contribution in [3.63, 3.8) is 0 Å². The molecular formula is C8H12NO2. The minimum Gasteiger partial charge on any atom is -0.377 e. The molecule has 11 heavy (non-hydrogen) atoms. The Morgan fingerprint density at radius 1 is 1.82 bits per heavy atom. The number of rotatable bonds is 4. The van der Waals surface area contributed by atoms with Gasteiger partial charge in [-0.05, 0) is 6.42 Å². The van der Waals surface area contributed by atoms with Gasteiger partial charge in [0.2, 0.25) is 5.91 Å². The number of hydrogen-bond donors (Lipinski definition) is 0. The number of amides is 1. The van der Waals surface area contributed by atoms with Crippen LogP contribution in [0.15, 0.2) is 12.7 Å². The van der Waals surface area contributed by atoms with E-state index in [1.807, 2.05) is 0 Å². The quantitative estimate of drug-likeness (QED) is 0.432. The molecule has 0 bridgehead atoms. The van der Waals surface area contributed by atoms with Crippen molar-refractivity contribution < 1.29 is 9.53 Å². The van der Waals surface area contributed by atoms with Crippen molar-refractivity contribution in [1.29, 1.82) is 0 Å². The number of hydrogen-bond acceptors (Lipinski definition) is 2. The lowest BCUT2D eigenvalue weighted by molar-refractivity contribution is -0.124. The molecule has 3 nitrogen and oxygen atoms in total. The van der Waals surface area contributed by atoms with Crippen molar-refractivity contribution >= 4 is 5.91 Å². The largest absolute Gasteiger partial charge is 0.377 e. The molecular weight excluding hydrogens is 142 g/mol. The van der Waals surface area contributed by atoms with Gasteiger partial charge >= 0.3 is 0 Å². The van der Waals surface area contributed by atoms with Crippen LogP contribution in [0.4, 0.5) is 0 Å². The molecule has 0 aromatic carbocycles. The van der Waals surface area contributed by atoms with Crippen molar-refractivity contribution in [1.82, 2.24) is 5.32 Å². The highest BCUT2D eigenvalue weighted by molar-refractivity contribution is 5.80. The molecule has 1 aliphatic heterocycles. The van der Waals surface area contributed by atoms with Crippen molar-refractivity contribution in [3.8, 4) is 0 Å². The lowest BCUT2D eigenvalue weighted by Crippen LogP contribution is -2.18. The predicted octanol–water partition coefficient (Wildman–Crippen LogP) is 0.340. The molecule has 1 radical (unpaired) electrons. The van der Waals surface area contributed by atoms with Gasteiger partial charge in [-0.1, -0.05) is 6.08 Å². The Labute approximate surface area is 66.4 Å². The second-order valence-corrected chi connectivity index (χ2v) is 2.53. The summed E-state index contributed by atoms with van der Waals surface area (Å²) in [7, 11) is 0. The summed E-state index contributed by atoms with van der Waals surface area (Å²) in [4.78, 5) is 10.9. The van der Waals surface area contributed by atoms with Gasteiger partial charge in [-0.2, -0.15) is 0 Å². The number of ether oxygens (including phenoxy) is 1. The third-order valence-corrected chi connectivity index (χ3v) is 1.65. The molecule has 1 amide bonds. The smallest absolute Gasteiger partial charge is 0.246 e. The van der Waals surface area contributed by atoms with Gasteiger partial charge in [-0.3, -0.25) is 10.1 Å². The monoisotopic (exact) mass is 154 g/mol. The zero-order valence-electron chi connectivity index (χ0n) is 6.45. The minimum absolute atomic E-state index is 0.00550. The van der Waals surface area contributed by atoms with Gasteiger partial charge in [0.1, 0.15) is 0 Å². The predicted molar refractivity (Wildman–Crippen MR) is 41.1 cm³/mol. The van der Waals surface area contributed by atoms with Crippen LogP contribution < -0.4 is 5.32 Å². The van der Waals surface area contributed by atoms with Crippen LogP contribution in [0.2, 0.25) is 0 Å². The molecule has 0 aliphatic carbocycles. The van der Waals surface area contributed by atoms with E-state index in [4.69, 9.17) is 4.74 Å². The van der Waals surface area contributed by atoms with Gasteiger partial charge in [0, 0.05) is 6.54 Å². The first-order chi connectivity index (χ1) is 5.34. The molecule has 0 aromatic rings. The average Bonchev–Trinajstić information content (AvgIpc) is 2.37. The highest BCUT2D eigenvalue weighted by Crippen LogP contribution is 2.10. The number of carbonyl (C=O) groups excluding carboxylic acids is 1. The third kappa shape index (κ3) is 2.35. The van der Waals surface area contributed by atoms with Crippen LogP contribution in [-0.2, 0) is 9.53 Å². The molecule has 1 atom stereocenters. The normalized spacial score (nSPS) is 23.3. The Balaban J connectivity index is 2.15. The summed E-state index contributed by atoms with van der Waals surface area (Å²) in [6.07, 6.45) is 2.52. The summed E-state index contributed by atoms with van der Waals surface area (Å²) in [5.41, 5.74) is 0. The first-order valence-corrected chi connectivity index (χ1v) is 3.74. The van der Waals surface area contributed by atoms with Gasteiger partial charge in [0.15, 0.2) is 0 Å². The van der Waals surface area contributed by atoms with Crippen LogP contribution in [0, 0.1) is 5.92 Å². The molecule has 1 unspecified atom stereocenters. The van der Waals surface area contributed by atoms with E-state index in [2.05, 4.69) is 11.9 Å². The lowest BCUT2D eigenvalue weighted by atomic mass is 10.1. The Morgan fingerprint density at radius 3 is 3.18 bits per heavy atom. The first-order valence-electron chi connectivity index (χ1n) is 3.74. The van der Waals surface area contributed by atoms with E-state index in [-0.39, 0.29) is 11.8 Å². The van der Waals surface area contributed by atoms with Crippen LogP contribution in [0.5, 0.6) is 0 Å². The van der Waals surface area contributed by atoms with Gasteiger partial charge < -0.3 is 4.74 Å². The molecule has 1 rings (SSSR count). The summed E-state index contributed by atoms with van der Waals surface area (Å²) >= 11 is 0. The summed E-state index contributed by atoms with van der Waals surface area (Å²) in [6, 6.07) is 0. The third-order valence-electron chi connectivity index (χ3n) is 1.65. The maximum absolute atomic E-state index is 10.9. The lowest BCUT2D eigenvalue weighted by Gasteiger charge is -2.04. The van der Waals surface area contributed by atoms with Crippen LogP contribution in [0.3, 0.4) is 0 Å². The van der Waals surface area contributed by atoms with Gasteiger partial charge in [-0.25, -0.2) is 0 Å². The first kappa shape index (κ1) is 8.27. The maximum Gasteiger partial charge on any atom is 0.246 e. The van der Waals surface area contributed by atoms with Crippen LogP contribution >= 0.6 is 0 Å². The average molecular weight is 154 g/mol. The van der Waals surface area contributed by atoms with Gasteiger partial charge in [0.25, 0.3) is 0 Å². The second kappa shape index (κ2) is 4.13. The fraction of sp³-hybridized carbons (Fsp3) is 0.625. The summed E-state index contributed by atoms with van der Waals surface area (Å²) in [5, 5.41) is 3.75. The molecule has 1 heterocycles. The summed E-state index contributed by atoms with van der Waals surface area (Å²) in [6.45, 7) is 5.19. The van der Waals surface area contributed by atoms with Crippen molar-refractivity contribution in [2.24, 2.45) is 5.92 Å². The standard InChI is InChI=1S/C8H12NO2/c1-2-5-11-6-7-3-4-9-8(7)10/h2,7H,1,3-6H2. The van der Waals surface area contributed by atoms with Gasteiger partial charge in [0.05, 0.1) is 19.1 Å². The van der Waals surface area contributed by atoms with E-state index in [0.29, 0.717) is 19.8 Å². The zero-order chi connectivity index (χ0) is 8.10. The Hall–Kier alpha value is -0.830. The van der Waals surface area contributed by atoms with E-state index in [1.165, 1.54) is 0 Å². The second-order valence-electron chi connectivity index (χ2n) is 2.53. The topological polar surface area (TPSA) is 40.4 Å². The van der Waals surface area contributed by atoms with E-state index in [1.54, 1.807) is 6.08 Å². The molecule has 0 aromatic heterocycles. The molecule has 1 fully saturated rings. The summed E-state index contributed by atoms with van der Waals surface area (Å²) in [5.74, 6) is 0.00372. The molecule has 0 N–H and O–H groups in total. The fourth-order valence-corrected chi connectivity index (χ4v) is 1.03. The summed E-state index contributed by atoms with van der Waals surface area (Å²) < 4.78 is 5.14. The number of nitrogens with zero attached hydrogens (tertiary/aromatic N) is 1. The molecule has 0 spiro atoms. The highest BCUT2D eigenvalue weighted by atomic mass is 16.5. The molecule has 3 heteroatoms. The fourth-order valence-electron chi connectivity index (χ4n) is 1.03.